The van der Waals surface area contributed by atoms with E-state index in [0.717, 1.165) is 11.3 Å². The van der Waals surface area contributed by atoms with E-state index in [1.54, 1.807) is 24.1 Å². The zero-order chi connectivity index (χ0) is 13.0. The second-order valence-electron chi connectivity index (χ2n) is 3.79. The fourth-order valence-electron chi connectivity index (χ4n) is 1.67. The summed E-state index contributed by atoms with van der Waals surface area (Å²) < 4.78 is 0. The first-order chi connectivity index (χ1) is 7.97. The van der Waals surface area contributed by atoms with Gasteiger partial charge in [-0.15, -0.1) is 0 Å². The van der Waals surface area contributed by atoms with Gasteiger partial charge in [0.1, 0.15) is 11.0 Å². The van der Waals surface area contributed by atoms with Crippen molar-refractivity contribution in [3.05, 3.63) is 29.8 Å². The first kappa shape index (κ1) is 13.4. The van der Waals surface area contributed by atoms with Gasteiger partial charge in [0.2, 0.25) is 0 Å². The quantitative estimate of drug-likeness (QED) is 0.779. The van der Waals surface area contributed by atoms with Gasteiger partial charge in [-0.1, -0.05) is 31.3 Å². The molecule has 17 heavy (non-hydrogen) atoms. The van der Waals surface area contributed by atoms with Crippen LogP contribution in [0, 0.1) is 0 Å². The fourth-order valence-corrected chi connectivity index (χ4v) is 1.80. The Morgan fingerprint density at radius 1 is 1.59 bits per heavy atom. The maximum absolute atomic E-state index is 11.1. The standard InChI is InChI=1S/C12H16N2O2S/c1-3-10(12(15)16)14(2)9-6-4-5-8(7-9)11(13)17/h4-7,10H,3H2,1-2H3,(H2,13,17)(H,15,16). The van der Waals surface area contributed by atoms with Crippen LogP contribution in [0.15, 0.2) is 24.3 Å². The third-order valence-corrected chi connectivity index (χ3v) is 2.91. The summed E-state index contributed by atoms with van der Waals surface area (Å²) in [7, 11) is 1.75. The highest BCUT2D eigenvalue weighted by molar-refractivity contribution is 7.80. The molecule has 5 heteroatoms. The molecule has 0 amide bonds. The molecular weight excluding hydrogens is 236 g/mol. The number of thiocarbonyl (C=S) groups is 1. The molecule has 0 aliphatic heterocycles. The van der Waals surface area contributed by atoms with Crippen molar-refractivity contribution in [2.24, 2.45) is 5.73 Å². The number of likely N-dealkylation sites (N-methyl/N-ethyl adjacent to an activating group) is 1. The fraction of sp³-hybridized carbons (Fsp3) is 0.333. The second kappa shape index (κ2) is 5.63. The van der Waals surface area contributed by atoms with Crippen LogP contribution in [-0.4, -0.2) is 29.2 Å². The Bertz CT molecular complexity index is 434. The highest BCUT2D eigenvalue weighted by Crippen LogP contribution is 2.18. The number of carboxylic acid groups (broad SMARTS) is 1. The average Bonchev–Trinajstić information content (AvgIpc) is 2.29. The molecule has 0 fully saturated rings. The predicted octanol–water partition coefficient (Wildman–Crippen LogP) is 1.62. The molecule has 0 bridgehead atoms. The molecule has 3 N–H and O–H groups in total. The van der Waals surface area contributed by atoms with Crippen molar-refractivity contribution in [3.63, 3.8) is 0 Å². The van der Waals surface area contributed by atoms with Gasteiger partial charge in [-0.05, 0) is 18.6 Å². The zero-order valence-electron chi connectivity index (χ0n) is 9.88. The van der Waals surface area contributed by atoms with Gasteiger partial charge in [-0.3, -0.25) is 0 Å². The monoisotopic (exact) mass is 252 g/mol. The van der Waals surface area contributed by atoms with Crippen LogP contribution in [0.1, 0.15) is 18.9 Å². The van der Waals surface area contributed by atoms with Gasteiger partial charge in [0.25, 0.3) is 0 Å². The summed E-state index contributed by atoms with van der Waals surface area (Å²) in [4.78, 5) is 13.1. The summed E-state index contributed by atoms with van der Waals surface area (Å²) in [6, 6.07) is 6.72. The van der Waals surface area contributed by atoms with Crippen molar-refractivity contribution >= 4 is 28.9 Å². The Morgan fingerprint density at radius 3 is 2.71 bits per heavy atom. The van der Waals surface area contributed by atoms with Crippen LogP contribution in [0.5, 0.6) is 0 Å². The molecule has 0 saturated heterocycles. The first-order valence-corrected chi connectivity index (χ1v) is 5.73. The third kappa shape index (κ3) is 3.17. The van der Waals surface area contributed by atoms with E-state index >= 15 is 0 Å². The largest absolute Gasteiger partial charge is 0.480 e. The molecule has 0 aliphatic carbocycles. The van der Waals surface area contributed by atoms with E-state index in [9.17, 15) is 4.79 Å². The minimum absolute atomic E-state index is 0.309. The number of hydrogen-bond donors (Lipinski definition) is 2. The normalized spacial score (nSPS) is 11.9. The number of carbonyl (C=O) groups is 1. The molecule has 1 aromatic carbocycles. The van der Waals surface area contributed by atoms with Gasteiger partial charge in [-0.2, -0.15) is 0 Å². The van der Waals surface area contributed by atoms with E-state index in [2.05, 4.69) is 0 Å². The van der Waals surface area contributed by atoms with Crippen molar-refractivity contribution in [2.45, 2.75) is 19.4 Å². The Kier molecular flexibility index (Phi) is 4.45. The molecule has 0 spiro atoms. The SMILES string of the molecule is CCC(C(=O)O)N(C)c1cccc(C(N)=S)c1. The molecule has 92 valence electrons. The van der Waals surface area contributed by atoms with Crippen molar-refractivity contribution in [1.82, 2.24) is 0 Å². The maximum Gasteiger partial charge on any atom is 0.326 e. The second-order valence-corrected chi connectivity index (χ2v) is 4.23. The van der Waals surface area contributed by atoms with Crippen molar-refractivity contribution in [3.8, 4) is 0 Å². The topological polar surface area (TPSA) is 66.6 Å². The van der Waals surface area contributed by atoms with Crippen LogP contribution in [0.3, 0.4) is 0 Å². The molecule has 0 saturated carbocycles. The van der Waals surface area contributed by atoms with Crippen molar-refractivity contribution in [1.29, 1.82) is 0 Å². The molecule has 1 aromatic rings. The number of benzene rings is 1. The Labute approximate surface area is 106 Å². The number of carboxylic acids is 1. The summed E-state index contributed by atoms with van der Waals surface area (Å²) in [5, 5.41) is 9.09. The summed E-state index contributed by atoms with van der Waals surface area (Å²) in [5.41, 5.74) is 7.08. The molecule has 1 rings (SSSR count). The van der Waals surface area contributed by atoms with Crippen LogP contribution in [0.4, 0.5) is 5.69 Å². The molecule has 0 aromatic heterocycles. The van der Waals surface area contributed by atoms with Gasteiger partial charge in [0, 0.05) is 18.3 Å². The number of aliphatic carboxylic acids is 1. The lowest BCUT2D eigenvalue weighted by Gasteiger charge is -2.26. The smallest absolute Gasteiger partial charge is 0.326 e. The lowest BCUT2D eigenvalue weighted by Crippen LogP contribution is -2.38. The summed E-state index contributed by atoms with van der Waals surface area (Å²) >= 11 is 4.90. The Balaban J connectivity index is 3.02. The predicted molar refractivity (Wildman–Crippen MR) is 72.4 cm³/mol. The lowest BCUT2D eigenvalue weighted by atomic mass is 10.1. The van der Waals surface area contributed by atoms with Crippen LogP contribution < -0.4 is 10.6 Å². The maximum atomic E-state index is 11.1. The molecule has 0 heterocycles. The van der Waals surface area contributed by atoms with E-state index in [1.807, 2.05) is 19.1 Å². The summed E-state index contributed by atoms with van der Waals surface area (Å²) in [6.45, 7) is 1.84. The molecular formula is C12H16N2O2S. The van der Waals surface area contributed by atoms with Gasteiger partial charge < -0.3 is 15.7 Å². The summed E-state index contributed by atoms with van der Waals surface area (Å²) in [5.74, 6) is -0.837. The molecule has 4 nitrogen and oxygen atoms in total. The number of nitrogens with zero attached hydrogens (tertiary/aromatic N) is 1. The van der Waals surface area contributed by atoms with E-state index in [-0.39, 0.29) is 0 Å². The molecule has 1 atom stereocenters. The number of anilines is 1. The Morgan fingerprint density at radius 2 is 2.24 bits per heavy atom. The molecule has 0 aliphatic rings. The van der Waals surface area contributed by atoms with Gasteiger partial charge >= 0.3 is 5.97 Å². The van der Waals surface area contributed by atoms with Crippen LogP contribution in [-0.2, 0) is 4.79 Å². The zero-order valence-corrected chi connectivity index (χ0v) is 10.7. The summed E-state index contributed by atoms with van der Waals surface area (Å²) in [6.07, 6.45) is 0.531. The van der Waals surface area contributed by atoms with Crippen LogP contribution >= 0.6 is 12.2 Å². The van der Waals surface area contributed by atoms with E-state index < -0.39 is 12.0 Å². The number of nitrogens with two attached hydrogens (primary N) is 1. The minimum Gasteiger partial charge on any atom is -0.480 e. The number of hydrogen-bond acceptors (Lipinski definition) is 3. The van der Waals surface area contributed by atoms with Gasteiger partial charge in [0.15, 0.2) is 0 Å². The van der Waals surface area contributed by atoms with Gasteiger partial charge in [-0.25, -0.2) is 4.79 Å². The van der Waals surface area contributed by atoms with Crippen LogP contribution in [0.2, 0.25) is 0 Å². The van der Waals surface area contributed by atoms with Crippen molar-refractivity contribution in [2.75, 3.05) is 11.9 Å². The Hall–Kier alpha value is -1.62. The van der Waals surface area contributed by atoms with Gasteiger partial charge in [0.05, 0.1) is 0 Å². The van der Waals surface area contributed by atoms with Crippen molar-refractivity contribution < 1.29 is 9.90 Å². The molecule has 0 radical (unpaired) electrons. The average molecular weight is 252 g/mol. The third-order valence-electron chi connectivity index (χ3n) is 2.68. The minimum atomic E-state index is -0.837. The highest BCUT2D eigenvalue weighted by Gasteiger charge is 2.20. The van der Waals surface area contributed by atoms with Crippen LogP contribution in [0.25, 0.3) is 0 Å². The molecule has 1 unspecified atom stereocenters. The highest BCUT2D eigenvalue weighted by atomic mass is 32.1. The lowest BCUT2D eigenvalue weighted by molar-refractivity contribution is -0.138. The van der Waals surface area contributed by atoms with E-state index in [1.165, 1.54) is 0 Å². The number of rotatable bonds is 5. The van der Waals surface area contributed by atoms with E-state index in [4.69, 9.17) is 23.1 Å². The first-order valence-electron chi connectivity index (χ1n) is 5.32. The van der Waals surface area contributed by atoms with E-state index in [0.29, 0.717) is 11.4 Å².